The van der Waals surface area contributed by atoms with Gasteiger partial charge in [-0.2, -0.15) is 0 Å². The molecule has 2 amide bonds. The van der Waals surface area contributed by atoms with Crippen LogP contribution in [0.1, 0.15) is 25.7 Å². The van der Waals surface area contributed by atoms with Crippen molar-refractivity contribution >= 4 is 11.8 Å². The maximum absolute atomic E-state index is 11.7. The first-order valence-electron chi connectivity index (χ1n) is 5.80. The van der Waals surface area contributed by atoms with Crippen LogP contribution in [0.15, 0.2) is 0 Å². The molecule has 3 fully saturated rings. The Bertz CT molecular complexity index is 316. The molecule has 82 valence electrons. The van der Waals surface area contributed by atoms with E-state index in [0.29, 0.717) is 12.0 Å². The van der Waals surface area contributed by atoms with Crippen molar-refractivity contribution in [3.8, 4) is 0 Å². The molecule has 0 radical (unpaired) electrons. The molecule has 3 unspecified atom stereocenters. The second-order valence-electron chi connectivity index (χ2n) is 5.04. The van der Waals surface area contributed by atoms with Crippen molar-refractivity contribution in [3.63, 3.8) is 0 Å². The number of nitrogens with zero attached hydrogens (tertiary/aromatic N) is 1. The molecule has 3 atom stereocenters. The summed E-state index contributed by atoms with van der Waals surface area (Å²) in [5, 5.41) is 2.60. The fourth-order valence-electron chi connectivity index (χ4n) is 3.47. The number of hydrogen-bond acceptors (Lipinski definition) is 2. The summed E-state index contributed by atoms with van der Waals surface area (Å²) in [5.41, 5.74) is 0. The summed E-state index contributed by atoms with van der Waals surface area (Å²) in [6, 6.07) is 0.363. The van der Waals surface area contributed by atoms with Crippen LogP contribution >= 0.6 is 0 Å². The topological polar surface area (TPSA) is 49.4 Å². The van der Waals surface area contributed by atoms with Gasteiger partial charge in [0.2, 0.25) is 11.8 Å². The predicted octanol–water partition coefficient (Wildman–Crippen LogP) is 0.133. The van der Waals surface area contributed by atoms with E-state index in [1.807, 2.05) is 4.90 Å². The van der Waals surface area contributed by atoms with Gasteiger partial charge in [0.25, 0.3) is 0 Å². The summed E-state index contributed by atoms with van der Waals surface area (Å²) in [7, 11) is 0. The SMILES string of the molecule is O=C1CN(C2CC3CCC2C3)C(=O)CN1. The minimum atomic E-state index is -0.00243. The fourth-order valence-corrected chi connectivity index (χ4v) is 3.47. The lowest BCUT2D eigenvalue weighted by Gasteiger charge is -2.36. The van der Waals surface area contributed by atoms with Crippen LogP contribution in [0.2, 0.25) is 0 Å². The van der Waals surface area contributed by atoms with E-state index in [-0.39, 0.29) is 24.9 Å². The number of fused-ring (bicyclic) bond motifs is 2. The highest BCUT2D eigenvalue weighted by Crippen LogP contribution is 2.46. The number of carbonyl (C=O) groups excluding carboxylic acids is 2. The zero-order valence-electron chi connectivity index (χ0n) is 8.74. The van der Waals surface area contributed by atoms with Gasteiger partial charge in [0, 0.05) is 6.04 Å². The molecule has 0 aromatic heterocycles. The Labute approximate surface area is 89.0 Å². The Morgan fingerprint density at radius 1 is 1.20 bits per heavy atom. The highest BCUT2D eigenvalue weighted by molar-refractivity contribution is 5.92. The van der Waals surface area contributed by atoms with Crippen LogP contribution < -0.4 is 5.32 Å². The summed E-state index contributed by atoms with van der Waals surface area (Å²) in [6.45, 7) is 0.486. The van der Waals surface area contributed by atoms with Gasteiger partial charge in [-0.05, 0) is 31.1 Å². The van der Waals surface area contributed by atoms with Crippen molar-refractivity contribution in [1.82, 2.24) is 10.2 Å². The molecule has 1 saturated heterocycles. The van der Waals surface area contributed by atoms with Crippen LogP contribution in [-0.2, 0) is 9.59 Å². The van der Waals surface area contributed by atoms with Crippen LogP contribution in [0.3, 0.4) is 0 Å². The molecule has 0 spiro atoms. The number of piperazine rings is 1. The number of carbonyl (C=O) groups is 2. The maximum atomic E-state index is 11.7. The molecule has 1 N–H and O–H groups in total. The molecule has 1 aliphatic heterocycles. The fraction of sp³-hybridized carbons (Fsp3) is 0.818. The first-order chi connectivity index (χ1) is 7.24. The van der Waals surface area contributed by atoms with E-state index in [2.05, 4.69) is 5.32 Å². The average Bonchev–Trinajstić information content (AvgIpc) is 2.83. The van der Waals surface area contributed by atoms with Gasteiger partial charge in [0.05, 0.1) is 13.1 Å². The van der Waals surface area contributed by atoms with Gasteiger partial charge in [-0.1, -0.05) is 6.42 Å². The zero-order chi connectivity index (χ0) is 10.4. The van der Waals surface area contributed by atoms with Crippen molar-refractivity contribution in [2.45, 2.75) is 31.7 Å². The average molecular weight is 208 g/mol. The van der Waals surface area contributed by atoms with E-state index < -0.39 is 0 Å². The molecule has 3 aliphatic rings. The molecule has 2 saturated carbocycles. The normalized spacial score (nSPS) is 39.7. The molecule has 4 heteroatoms. The molecule has 1 heterocycles. The molecular weight excluding hydrogens is 192 g/mol. The minimum absolute atomic E-state index is 0.00243. The molecule has 0 aromatic carbocycles. The first kappa shape index (κ1) is 9.19. The van der Waals surface area contributed by atoms with Crippen molar-refractivity contribution in [1.29, 1.82) is 0 Å². The molecule has 2 bridgehead atoms. The molecule has 4 nitrogen and oxygen atoms in total. The van der Waals surface area contributed by atoms with Gasteiger partial charge in [0.15, 0.2) is 0 Å². The number of nitrogens with one attached hydrogen (secondary N) is 1. The molecule has 15 heavy (non-hydrogen) atoms. The maximum Gasteiger partial charge on any atom is 0.242 e. The van der Waals surface area contributed by atoms with Gasteiger partial charge >= 0.3 is 0 Å². The highest BCUT2D eigenvalue weighted by atomic mass is 16.2. The Hall–Kier alpha value is -1.06. The van der Waals surface area contributed by atoms with Gasteiger partial charge in [-0.25, -0.2) is 0 Å². The first-order valence-corrected chi connectivity index (χ1v) is 5.80. The van der Waals surface area contributed by atoms with Crippen LogP contribution in [0.5, 0.6) is 0 Å². The number of rotatable bonds is 1. The quantitative estimate of drug-likeness (QED) is 0.666. The zero-order valence-corrected chi connectivity index (χ0v) is 8.74. The van der Waals surface area contributed by atoms with E-state index in [9.17, 15) is 9.59 Å². The van der Waals surface area contributed by atoms with E-state index in [1.165, 1.54) is 19.3 Å². The molecular formula is C11H16N2O2. The summed E-state index contributed by atoms with van der Waals surface area (Å²) in [5.74, 6) is 1.59. The lowest BCUT2D eigenvalue weighted by Crippen LogP contribution is -2.56. The van der Waals surface area contributed by atoms with Crippen molar-refractivity contribution in [3.05, 3.63) is 0 Å². The summed E-state index contributed by atoms with van der Waals surface area (Å²) >= 11 is 0. The van der Waals surface area contributed by atoms with Gasteiger partial charge in [-0.3, -0.25) is 9.59 Å². The van der Waals surface area contributed by atoms with Gasteiger partial charge in [0.1, 0.15) is 0 Å². The Morgan fingerprint density at radius 3 is 2.73 bits per heavy atom. The largest absolute Gasteiger partial charge is 0.345 e. The Morgan fingerprint density at radius 2 is 2.07 bits per heavy atom. The predicted molar refractivity (Wildman–Crippen MR) is 54.0 cm³/mol. The molecule has 2 aliphatic carbocycles. The van der Waals surface area contributed by atoms with Crippen LogP contribution in [0.25, 0.3) is 0 Å². The lowest BCUT2D eigenvalue weighted by atomic mass is 9.93. The third-order valence-electron chi connectivity index (χ3n) is 4.17. The van der Waals surface area contributed by atoms with Crippen molar-refractivity contribution in [2.24, 2.45) is 11.8 Å². The number of hydrogen-bond donors (Lipinski definition) is 1. The Kier molecular flexibility index (Phi) is 1.97. The standard InChI is InChI=1S/C11H16N2O2/c14-10-6-13(11(15)5-12-10)9-4-7-1-2-8(9)3-7/h7-9H,1-6H2,(H,12,14). The third-order valence-corrected chi connectivity index (χ3v) is 4.17. The third kappa shape index (κ3) is 1.43. The summed E-state index contributed by atoms with van der Waals surface area (Å²) in [6.07, 6.45) is 4.98. The minimum Gasteiger partial charge on any atom is -0.345 e. The van der Waals surface area contributed by atoms with E-state index in [0.717, 1.165) is 12.3 Å². The lowest BCUT2D eigenvalue weighted by molar-refractivity contribution is -0.143. The van der Waals surface area contributed by atoms with Crippen molar-refractivity contribution < 1.29 is 9.59 Å². The van der Waals surface area contributed by atoms with E-state index in [4.69, 9.17) is 0 Å². The van der Waals surface area contributed by atoms with Crippen LogP contribution in [0, 0.1) is 11.8 Å². The number of amides is 2. The molecule has 0 aromatic rings. The monoisotopic (exact) mass is 208 g/mol. The Balaban J connectivity index is 1.75. The van der Waals surface area contributed by atoms with Gasteiger partial charge < -0.3 is 10.2 Å². The molecule has 3 rings (SSSR count). The summed E-state index contributed by atoms with van der Waals surface area (Å²) in [4.78, 5) is 24.8. The second kappa shape index (κ2) is 3.22. The van der Waals surface area contributed by atoms with Crippen LogP contribution in [-0.4, -0.2) is 35.8 Å². The van der Waals surface area contributed by atoms with Crippen LogP contribution in [0.4, 0.5) is 0 Å². The highest BCUT2D eigenvalue weighted by Gasteiger charge is 2.44. The smallest absolute Gasteiger partial charge is 0.242 e. The summed E-state index contributed by atoms with van der Waals surface area (Å²) < 4.78 is 0. The van der Waals surface area contributed by atoms with E-state index >= 15 is 0 Å². The van der Waals surface area contributed by atoms with Crippen molar-refractivity contribution in [2.75, 3.05) is 13.1 Å². The second-order valence-corrected chi connectivity index (χ2v) is 5.04. The van der Waals surface area contributed by atoms with Gasteiger partial charge in [-0.15, -0.1) is 0 Å². The van der Waals surface area contributed by atoms with E-state index in [1.54, 1.807) is 0 Å².